The maximum Gasteiger partial charge on any atom is 0.315 e. The summed E-state index contributed by atoms with van der Waals surface area (Å²) < 4.78 is 1.80. The number of urea groups is 1. The molecule has 7 heteroatoms. The molecule has 1 aliphatic heterocycles. The fraction of sp³-hybridized carbons (Fsp3) is 0.471. The van der Waals surface area contributed by atoms with Crippen LogP contribution in [0.2, 0.25) is 0 Å². The van der Waals surface area contributed by atoms with Crippen LogP contribution in [0.1, 0.15) is 31.3 Å². The number of anilines is 1. The smallest absolute Gasteiger partial charge is 0.315 e. The van der Waals surface area contributed by atoms with Crippen LogP contribution in [0.25, 0.3) is 0 Å². The summed E-state index contributed by atoms with van der Waals surface area (Å²) in [5, 5.41) is 13.7. The summed E-state index contributed by atoms with van der Waals surface area (Å²) in [6, 6.07) is 8.31. The van der Waals surface area contributed by atoms with Gasteiger partial charge in [-0.2, -0.15) is 0 Å². The Hall–Kier alpha value is -2.57. The second-order valence-electron chi connectivity index (χ2n) is 6.30. The number of aromatic nitrogens is 3. The van der Waals surface area contributed by atoms with Gasteiger partial charge in [0.15, 0.2) is 5.82 Å². The molecule has 0 bridgehead atoms. The van der Waals surface area contributed by atoms with E-state index < -0.39 is 0 Å². The number of carbonyl (C=O) groups excluding carboxylic acids is 1. The largest absolute Gasteiger partial charge is 0.366 e. The van der Waals surface area contributed by atoms with Crippen LogP contribution >= 0.6 is 0 Å². The molecule has 7 nitrogen and oxygen atoms in total. The van der Waals surface area contributed by atoms with Gasteiger partial charge in [-0.15, -0.1) is 10.2 Å². The van der Waals surface area contributed by atoms with Crippen LogP contribution in [0, 0.1) is 0 Å². The Balaban J connectivity index is 1.51. The lowest BCUT2D eigenvalue weighted by molar-refractivity contribution is 0.236. The third kappa shape index (κ3) is 3.34. The quantitative estimate of drug-likeness (QED) is 0.875. The molecule has 2 amide bonds. The highest BCUT2D eigenvalue weighted by molar-refractivity contribution is 5.74. The molecule has 2 unspecified atom stereocenters. The van der Waals surface area contributed by atoms with Gasteiger partial charge in [-0.3, -0.25) is 0 Å². The maximum atomic E-state index is 12.1. The van der Waals surface area contributed by atoms with E-state index in [0.29, 0.717) is 6.54 Å². The number of fused-ring (bicyclic) bond motifs is 1. The van der Waals surface area contributed by atoms with E-state index in [9.17, 15) is 4.79 Å². The van der Waals surface area contributed by atoms with Crippen LogP contribution in [-0.4, -0.2) is 39.9 Å². The zero-order chi connectivity index (χ0) is 17.1. The van der Waals surface area contributed by atoms with Crippen molar-refractivity contribution >= 4 is 11.7 Å². The molecule has 2 atom stereocenters. The Bertz CT molecular complexity index is 713. The van der Waals surface area contributed by atoms with E-state index in [0.717, 1.165) is 18.8 Å². The summed E-state index contributed by atoms with van der Waals surface area (Å²) in [5.74, 6) is 0.728. The van der Waals surface area contributed by atoms with E-state index in [1.807, 2.05) is 14.0 Å². The SMILES string of the molecule is CC(NC(=O)NCC(C)N1CCc2ccccc21)c1nncn1C. The van der Waals surface area contributed by atoms with Crippen molar-refractivity contribution in [3.8, 4) is 0 Å². The minimum atomic E-state index is -0.194. The zero-order valence-electron chi connectivity index (χ0n) is 14.4. The minimum Gasteiger partial charge on any atom is -0.366 e. The molecule has 3 rings (SSSR count). The lowest BCUT2D eigenvalue weighted by Gasteiger charge is -2.27. The predicted molar refractivity (Wildman–Crippen MR) is 92.9 cm³/mol. The molecule has 0 fully saturated rings. The fourth-order valence-corrected chi connectivity index (χ4v) is 3.17. The van der Waals surface area contributed by atoms with Gasteiger partial charge in [0.1, 0.15) is 6.33 Å². The number of nitrogens with zero attached hydrogens (tertiary/aromatic N) is 4. The molecule has 1 aromatic heterocycles. The van der Waals surface area contributed by atoms with Gasteiger partial charge in [0, 0.05) is 31.9 Å². The number of carbonyl (C=O) groups is 1. The highest BCUT2D eigenvalue weighted by atomic mass is 16.2. The number of hydrogen-bond acceptors (Lipinski definition) is 4. The highest BCUT2D eigenvalue weighted by Gasteiger charge is 2.23. The van der Waals surface area contributed by atoms with Crippen molar-refractivity contribution in [1.29, 1.82) is 0 Å². The first-order valence-corrected chi connectivity index (χ1v) is 8.29. The molecule has 2 aromatic rings. The third-order valence-electron chi connectivity index (χ3n) is 4.49. The first-order chi connectivity index (χ1) is 11.6. The Labute approximate surface area is 142 Å². The first-order valence-electron chi connectivity index (χ1n) is 8.29. The summed E-state index contributed by atoms with van der Waals surface area (Å²) in [6.07, 6.45) is 2.69. The average molecular weight is 328 g/mol. The molecule has 1 aliphatic rings. The van der Waals surface area contributed by atoms with Crippen molar-refractivity contribution in [3.05, 3.63) is 42.0 Å². The minimum absolute atomic E-state index is 0.190. The molecule has 0 aliphatic carbocycles. The number of benzene rings is 1. The number of amides is 2. The monoisotopic (exact) mass is 328 g/mol. The van der Waals surface area contributed by atoms with Gasteiger partial charge in [0.25, 0.3) is 0 Å². The van der Waals surface area contributed by atoms with E-state index in [2.05, 4.69) is 56.9 Å². The molecule has 24 heavy (non-hydrogen) atoms. The molecular formula is C17H24N6O. The fourth-order valence-electron chi connectivity index (χ4n) is 3.17. The van der Waals surface area contributed by atoms with Gasteiger partial charge in [0.05, 0.1) is 6.04 Å². The average Bonchev–Trinajstić information content (AvgIpc) is 3.18. The summed E-state index contributed by atoms with van der Waals surface area (Å²) in [6.45, 7) is 5.61. The summed E-state index contributed by atoms with van der Waals surface area (Å²) in [4.78, 5) is 14.5. The van der Waals surface area contributed by atoms with Crippen molar-refractivity contribution in [2.24, 2.45) is 7.05 Å². The van der Waals surface area contributed by atoms with Gasteiger partial charge in [-0.1, -0.05) is 18.2 Å². The Morgan fingerprint density at radius 3 is 2.88 bits per heavy atom. The second kappa shape index (κ2) is 6.90. The first kappa shape index (κ1) is 16.3. The van der Waals surface area contributed by atoms with E-state index in [-0.39, 0.29) is 18.1 Å². The van der Waals surface area contributed by atoms with E-state index in [1.54, 1.807) is 10.9 Å². The van der Waals surface area contributed by atoms with Crippen molar-refractivity contribution in [2.75, 3.05) is 18.0 Å². The Kier molecular flexibility index (Phi) is 4.69. The summed E-state index contributed by atoms with van der Waals surface area (Å²) >= 11 is 0. The molecule has 0 spiro atoms. The van der Waals surface area contributed by atoms with Crippen molar-refractivity contribution in [3.63, 3.8) is 0 Å². The van der Waals surface area contributed by atoms with Gasteiger partial charge >= 0.3 is 6.03 Å². The van der Waals surface area contributed by atoms with Crippen molar-refractivity contribution < 1.29 is 4.79 Å². The van der Waals surface area contributed by atoms with Gasteiger partial charge < -0.3 is 20.1 Å². The van der Waals surface area contributed by atoms with E-state index >= 15 is 0 Å². The number of hydrogen-bond donors (Lipinski definition) is 2. The Morgan fingerprint density at radius 1 is 1.33 bits per heavy atom. The van der Waals surface area contributed by atoms with Gasteiger partial charge in [0.2, 0.25) is 0 Å². The number of para-hydroxylation sites is 1. The van der Waals surface area contributed by atoms with Gasteiger partial charge in [-0.05, 0) is 31.9 Å². The zero-order valence-corrected chi connectivity index (χ0v) is 14.4. The molecule has 1 aromatic carbocycles. The predicted octanol–water partition coefficient (Wildman–Crippen LogP) is 1.63. The molecule has 2 heterocycles. The normalized spacial score (nSPS) is 15.7. The number of rotatable bonds is 5. The molecule has 0 saturated carbocycles. The van der Waals surface area contributed by atoms with E-state index in [1.165, 1.54) is 11.3 Å². The van der Waals surface area contributed by atoms with Crippen LogP contribution in [0.4, 0.5) is 10.5 Å². The van der Waals surface area contributed by atoms with Crippen LogP contribution in [0.5, 0.6) is 0 Å². The van der Waals surface area contributed by atoms with Crippen LogP contribution in [0.3, 0.4) is 0 Å². The summed E-state index contributed by atoms with van der Waals surface area (Å²) in [7, 11) is 1.86. The second-order valence-corrected chi connectivity index (χ2v) is 6.30. The molecule has 0 radical (unpaired) electrons. The van der Waals surface area contributed by atoms with Gasteiger partial charge in [-0.25, -0.2) is 4.79 Å². The molecule has 128 valence electrons. The summed E-state index contributed by atoms with van der Waals surface area (Å²) in [5.41, 5.74) is 2.66. The topological polar surface area (TPSA) is 75.1 Å². The molecule has 0 saturated heterocycles. The van der Waals surface area contributed by atoms with Crippen molar-refractivity contribution in [2.45, 2.75) is 32.4 Å². The van der Waals surface area contributed by atoms with E-state index in [4.69, 9.17) is 0 Å². The number of aryl methyl sites for hydroxylation is 1. The lowest BCUT2D eigenvalue weighted by atomic mass is 10.2. The Morgan fingerprint density at radius 2 is 2.12 bits per heavy atom. The lowest BCUT2D eigenvalue weighted by Crippen LogP contribution is -2.45. The van der Waals surface area contributed by atoms with Crippen LogP contribution in [0.15, 0.2) is 30.6 Å². The van der Waals surface area contributed by atoms with Crippen LogP contribution in [-0.2, 0) is 13.5 Å². The highest BCUT2D eigenvalue weighted by Crippen LogP contribution is 2.28. The molecular weight excluding hydrogens is 304 g/mol. The van der Waals surface area contributed by atoms with Crippen molar-refractivity contribution in [1.82, 2.24) is 25.4 Å². The number of nitrogens with one attached hydrogen (secondary N) is 2. The van der Waals surface area contributed by atoms with Crippen LogP contribution < -0.4 is 15.5 Å². The third-order valence-corrected chi connectivity index (χ3v) is 4.49. The molecule has 2 N–H and O–H groups in total. The standard InChI is InChI=1S/C17H24N6O/c1-12(23-9-8-14-6-4-5-7-15(14)23)10-18-17(24)20-13(2)16-21-19-11-22(16)3/h4-7,11-13H,8-10H2,1-3H3,(H2,18,20,24). The maximum absolute atomic E-state index is 12.1.